The fourth-order valence-electron chi connectivity index (χ4n) is 4.44. The molecule has 1 saturated heterocycles. The van der Waals surface area contributed by atoms with Crippen LogP contribution in [0.2, 0.25) is 0 Å². The molecule has 3 aromatic rings. The van der Waals surface area contributed by atoms with Crippen molar-refractivity contribution in [2.24, 2.45) is 0 Å². The minimum absolute atomic E-state index is 0.0529. The summed E-state index contributed by atoms with van der Waals surface area (Å²) in [6, 6.07) is 12.5. The maximum absolute atomic E-state index is 13.3. The third kappa shape index (κ3) is 3.03. The van der Waals surface area contributed by atoms with E-state index in [1.807, 2.05) is 26.0 Å². The first-order valence-electron chi connectivity index (χ1n) is 10.3. The molecule has 0 aliphatic carbocycles. The van der Waals surface area contributed by atoms with Gasteiger partial charge in [0.05, 0.1) is 16.9 Å². The Morgan fingerprint density at radius 2 is 2.00 bits per heavy atom. The number of tetrazole rings is 1. The van der Waals surface area contributed by atoms with Gasteiger partial charge in [0.15, 0.2) is 0 Å². The lowest BCUT2D eigenvalue weighted by Gasteiger charge is -2.48. The number of anilines is 2. The highest BCUT2D eigenvalue weighted by Crippen LogP contribution is 2.43. The molecule has 0 saturated carbocycles. The molecule has 1 atom stereocenters. The maximum Gasteiger partial charge on any atom is 0.258 e. The second-order valence-corrected chi connectivity index (χ2v) is 8.16. The molecule has 10 heteroatoms. The molecular weight excluding hydrogens is 410 g/mol. The van der Waals surface area contributed by atoms with Gasteiger partial charge in [-0.05, 0) is 60.5 Å². The smallest absolute Gasteiger partial charge is 0.258 e. The Morgan fingerprint density at radius 3 is 2.78 bits per heavy atom. The van der Waals surface area contributed by atoms with Gasteiger partial charge in [0.25, 0.3) is 5.91 Å². The van der Waals surface area contributed by atoms with Gasteiger partial charge in [-0.2, -0.15) is 0 Å². The summed E-state index contributed by atoms with van der Waals surface area (Å²) in [6.45, 7) is 3.53. The summed E-state index contributed by atoms with van der Waals surface area (Å²) in [5, 5.41) is 14.0. The molecule has 1 unspecified atom stereocenters. The van der Waals surface area contributed by atoms with Crippen LogP contribution in [-0.2, 0) is 9.59 Å². The average Bonchev–Trinajstić information content (AvgIpc) is 3.42. The lowest BCUT2D eigenvalue weighted by atomic mass is 9.98. The molecule has 3 amide bonds. The summed E-state index contributed by atoms with van der Waals surface area (Å²) in [7, 11) is 0. The lowest BCUT2D eigenvalue weighted by Crippen LogP contribution is -2.63. The van der Waals surface area contributed by atoms with Crippen molar-refractivity contribution in [1.29, 1.82) is 0 Å². The van der Waals surface area contributed by atoms with E-state index in [-0.39, 0.29) is 24.3 Å². The van der Waals surface area contributed by atoms with Crippen molar-refractivity contribution >= 4 is 29.1 Å². The van der Waals surface area contributed by atoms with E-state index >= 15 is 0 Å². The van der Waals surface area contributed by atoms with Crippen LogP contribution in [0.25, 0.3) is 5.69 Å². The number of carbonyl (C=O) groups is 3. The van der Waals surface area contributed by atoms with Crippen molar-refractivity contribution in [3.63, 3.8) is 0 Å². The molecule has 1 fully saturated rings. The molecule has 2 aliphatic heterocycles. The predicted molar refractivity (Wildman–Crippen MR) is 115 cm³/mol. The minimum Gasteiger partial charge on any atom is -0.324 e. The molecule has 0 radical (unpaired) electrons. The third-order valence-electron chi connectivity index (χ3n) is 6.16. The molecule has 2 aromatic carbocycles. The molecule has 162 valence electrons. The van der Waals surface area contributed by atoms with Gasteiger partial charge in [0.1, 0.15) is 18.5 Å². The summed E-state index contributed by atoms with van der Waals surface area (Å²) in [5.41, 5.74) is 2.28. The van der Waals surface area contributed by atoms with Crippen LogP contribution < -0.4 is 10.2 Å². The average molecular weight is 431 g/mol. The number of carbonyl (C=O) groups excluding carboxylic acids is 3. The van der Waals surface area contributed by atoms with Crippen molar-refractivity contribution in [3.05, 3.63) is 59.9 Å². The topological polar surface area (TPSA) is 113 Å². The number of aromatic nitrogens is 4. The van der Waals surface area contributed by atoms with Gasteiger partial charge in [-0.25, -0.2) is 4.68 Å². The van der Waals surface area contributed by atoms with Crippen LogP contribution in [0.5, 0.6) is 0 Å². The number of hydrogen-bond donors (Lipinski definition) is 1. The molecule has 5 rings (SSSR count). The quantitative estimate of drug-likeness (QED) is 0.675. The minimum atomic E-state index is -0.886. The Kier molecular flexibility index (Phi) is 4.50. The van der Waals surface area contributed by atoms with Crippen molar-refractivity contribution in [2.45, 2.75) is 32.4 Å². The Morgan fingerprint density at radius 1 is 1.19 bits per heavy atom. The molecular formula is C22H21N7O3. The second-order valence-electron chi connectivity index (χ2n) is 8.16. The predicted octanol–water partition coefficient (Wildman–Crippen LogP) is 1.91. The van der Waals surface area contributed by atoms with E-state index < -0.39 is 5.66 Å². The first-order chi connectivity index (χ1) is 15.4. The molecule has 2 aliphatic rings. The van der Waals surface area contributed by atoms with E-state index in [1.54, 1.807) is 35.2 Å². The van der Waals surface area contributed by atoms with E-state index in [2.05, 4.69) is 20.8 Å². The Balaban J connectivity index is 1.43. The van der Waals surface area contributed by atoms with E-state index in [9.17, 15) is 14.4 Å². The van der Waals surface area contributed by atoms with Crippen molar-refractivity contribution in [2.75, 3.05) is 16.8 Å². The number of nitrogens with one attached hydrogen (secondary N) is 1. The highest BCUT2D eigenvalue weighted by atomic mass is 16.2. The Bertz CT molecular complexity index is 1240. The lowest BCUT2D eigenvalue weighted by molar-refractivity contribution is -0.120. The van der Waals surface area contributed by atoms with Crippen LogP contribution >= 0.6 is 0 Å². The first-order valence-corrected chi connectivity index (χ1v) is 10.3. The van der Waals surface area contributed by atoms with E-state index in [0.717, 1.165) is 5.56 Å². The van der Waals surface area contributed by atoms with E-state index in [4.69, 9.17) is 0 Å². The summed E-state index contributed by atoms with van der Waals surface area (Å²) in [6.07, 6.45) is 2.25. The van der Waals surface area contributed by atoms with Gasteiger partial charge in [0, 0.05) is 12.1 Å². The normalized spacial score (nSPS) is 19.7. The fraction of sp³-hybridized carbons (Fsp3) is 0.273. The van der Waals surface area contributed by atoms with Gasteiger partial charge in [-0.1, -0.05) is 18.2 Å². The standard InChI is InChI=1S/C22H21N7O3/c1-14-7-8-15(28-13-23-25-26-28)11-17(14)24-19(30)12-27-21(32)16-5-3-4-6-18(16)29-20(31)9-10-22(27,29)2/h3-8,11,13H,9-10,12H2,1-2H3,(H,24,30). The van der Waals surface area contributed by atoms with Crippen molar-refractivity contribution in [3.8, 4) is 5.69 Å². The number of rotatable bonds is 4. The number of nitrogens with zero attached hydrogens (tertiary/aromatic N) is 6. The number of benzene rings is 2. The third-order valence-corrected chi connectivity index (χ3v) is 6.16. The summed E-state index contributed by atoms with van der Waals surface area (Å²) in [5.74, 6) is -0.665. The monoisotopic (exact) mass is 431 g/mol. The van der Waals surface area contributed by atoms with Gasteiger partial charge < -0.3 is 10.2 Å². The summed E-state index contributed by atoms with van der Waals surface area (Å²) >= 11 is 0. The Hall–Kier alpha value is -4.08. The van der Waals surface area contributed by atoms with Crippen molar-refractivity contribution in [1.82, 2.24) is 25.1 Å². The SMILES string of the molecule is Cc1ccc(-n2cnnn2)cc1NC(=O)CN1C(=O)c2ccccc2N2C(=O)CCC12C. The molecule has 0 spiro atoms. The number of para-hydroxylation sites is 1. The molecule has 10 nitrogen and oxygen atoms in total. The first kappa shape index (κ1) is 19.9. The number of aryl methyl sites for hydroxylation is 1. The van der Waals surface area contributed by atoms with Crippen LogP contribution in [0.15, 0.2) is 48.8 Å². The zero-order valence-electron chi connectivity index (χ0n) is 17.6. The van der Waals surface area contributed by atoms with Gasteiger partial charge in [-0.15, -0.1) is 5.10 Å². The largest absolute Gasteiger partial charge is 0.324 e. The molecule has 32 heavy (non-hydrogen) atoms. The van der Waals surface area contributed by atoms with E-state index in [1.165, 1.54) is 15.9 Å². The second kappa shape index (κ2) is 7.26. The van der Waals surface area contributed by atoms with E-state index in [0.29, 0.717) is 35.5 Å². The summed E-state index contributed by atoms with van der Waals surface area (Å²) < 4.78 is 1.49. The van der Waals surface area contributed by atoms with Crippen LogP contribution in [0, 0.1) is 6.92 Å². The zero-order valence-corrected chi connectivity index (χ0v) is 17.6. The van der Waals surface area contributed by atoms with Crippen LogP contribution in [0.4, 0.5) is 11.4 Å². The molecule has 3 heterocycles. The molecule has 0 bridgehead atoms. The Labute approximate surface area is 183 Å². The van der Waals surface area contributed by atoms with Gasteiger partial charge in [0.2, 0.25) is 11.8 Å². The fourth-order valence-corrected chi connectivity index (χ4v) is 4.44. The number of fused-ring (bicyclic) bond motifs is 3. The van der Waals surface area contributed by atoms with Crippen LogP contribution in [0.3, 0.4) is 0 Å². The maximum atomic E-state index is 13.3. The highest BCUT2D eigenvalue weighted by molar-refractivity contribution is 6.11. The zero-order chi connectivity index (χ0) is 22.5. The molecule has 1 N–H and O–H groups in total. The molecule has 1 aromatic heterocycles. The number of amides is 3. The van der Waals surface area contributed by atoms with Gasteiger partial charge in [-0.3, -0.25) is 19.3 Å². The van der Waals surface area contributed by atoms with Crippen LogP contribution in [0.1, 0.15) is 35.7 Å². The number of hydrogen-bond acceptors (Lipinski definition) is 6. The highest BCUT2D eigenvalue weighted by Gasteiger charge is 2.53. The van der Waals surface area contributed by atoms with Crippen LogP contribution in [-0.4, -0.2) is 55.0 Å². The summed E-state index contributed by atoms with van der Waals surface area (Å²) in [4.78, 5) is 42.2. The van der Waals surface area contributed by atoms with Crippen molar-refractivity contribution < 1.29 is 14.4 Å². The van der Waals surface area contributed by atoms with Gasteiger partial charge >= 0.3 is 0 Å².